The Labute approximate surface area is 109 Å². The second kappa shape index (κ2) is 5.29. The average Bonchev–Trinajstić information content (AvgIpc) is 2.75. The minimum absolute atomic E-state index is 0.0423. The molecule has 2 heterocycles. The van der Waals surface area contributed by atoms with Gasteiger partial charge >= 0.3 is 0 Å². The van der Waals surface area contributed by atoms with Crippen LogP contribution in [0.25, 0.3) is 0 Å². The van der Waals surface area contributed by atoms with Gasteiger partial charge in [0, 0.05) is 17.2 Å². The molecule has 1 aliphatic rings. The van der Waals surface area contributed by atoms with Crippen molar-refractivity contribution in [3.63, 3.8) is 0 Å². The lowest BCUT2D eigenvalue weighted by Crippen LogP contribution is -2.39. The van der Waals surface area contributed by atoms with Crippen LogP contribution in [0, 0.1) is 10.9 Å². The molecule has 4 nitrogen and oxygen atoms in total. The monoisotopic (exact) mass is 272 g/mol. The van der Waals surface area contributed by atoms with Crippen molar-refractivity contribution in [1.82, 2.24) is 10.3 Å². The Hall–Kier alpha value is -0.720. The molecular formula is C11H16N2O2S2. The van der Waals surface area contributed by atoms with Crippen molar-refractivity contribution in [1.29, 1.82) is 0 Å². The summed E-state index contributed by atoms with van der Waals surface area (Å²) in [5.41, 5.74) is 0.992. The van der Waals surface area contributed by atoms with E-state index in [9.17, 15) is 4.79 Å². The molecule has 2 atom stereocenters. The highest BCUT2D eigenvalue weighted by Gasteiger charge is 2.25. The van der Waals surface area contributed by atoms with Gasteiger partial charge in [-0.05, 0) is 32.5 Å². The Morgan fingerprint density at radius 3 is 3.00 bits per heavy atom. The summed E-state index contributed by atoms with van der Waals surface area (Å²) in [6, 6.07) is 0.148. The van der Waals surface area contributed by atoms with Gasteiger partial charge < -0.3 is 15.0 Å². The summed E-state index contributed by atoms with van der Waals surface area (Å²) in [7, 11) is 0. The first-order valence-corrected chi connectivity index (χ1v) is 6.88. The van der Waals surface area contributed by atoms with Crippen molar-refractivity contribution >= 4 is 29.5 Å². The number of carbonyl (C=O) groups is 1. The van der Waals surface area contributed by atoms with Crippen LogP contribution in [0.4, 0.5) is 0 Å². The van der Waals surface area contributed by atoms with Gasteiger partial charge in [0.15, 0.2) is 3.95 Å². The fourth-order valence-corrected chi connectivity index (χ4v) is 3.22. The van der Waals surface area contributed by atoms with Crippen LogP contribution in [0.1, 0.15) is 23.9 Å². The fraction of sp³-hybridized carbons (Fsp3) is 0.636. The van der Waals surface area contributed by atoms with Crippen LogP contribution < -0.4 is 5.32 Å². The number of aryl methyl sites for hydroxylation is 1. The highest BCUT2D eigenvalue weighted by atomic mass is 32.1. The molecule has 1 amide bonds. The molecular weight excluding hydrogens is 256 g/mol. The van der Waals surface area contributed by atoms with Crippen LogP contribution >= 0.6 is 23.6 Å². The molecule has 1 aromatic heterocycles. The Morgan fingerprint density at radius 1 is 1.71 bits per heavy atom. The van der Waals surface area contributed by atoms with Crippen LogP contribution in [0.15, 0.2) is 0 Å². The van der Waals surface area contributed by atoms with E-state index in [1.54, 1.807) is 0 Å². The van der Waals surface area contributed by atoms with Crippen LogP contribution in [0.5, 0.6) is 0 Å². The van der Waals surface area contributed by atoms with E-state index in [1.165, 1.54) is 11.3 Å². The lowest BCUT2D eigenvalue weighted by molar-refractivity contribution is -0.121. The molecule has 2 N–H and O–H groups in total. The predicted molar refractivity (Wildman–Crippen MR) is 69.9 cm³/mol. The summed E-state index contributed by atoms with van der Waals surface area (Å²) in [4.78, 5) is 15.9. The number of ether oxygens (including phenoxy) is 1. The van der Waals surface area contributed by atoms with Crippen molar-refractivity contribution < 1.29 is 9.53 Å². The molecule has 0 unspecified atom stereocenters. The topological polar surface area (TPSA) is 54.1 Å². The smallest absolute Gasteiger partial charge is 0.225 e. The first kappa shape index (κ1) is 12.7. The van der Waals surface area contributed by atoms with E-state index in [1.807, 2.05) is 13.8 Å². The predicted octanol–water partition coefficient (Wildman–Crippen LogP) is 1.95. The van der Waals surface area contributed by atoms with Crippen molar-refractivity contribution in [3.05, 3.63) is 14.5 Å². The van der Waals surface area contributed by atoms with Gasteiger partial charge in [0.05, 0.1) is 18.6 Å². The van der Waals surface area contributed by atoms with Crippen molar-refractivity contribution in [2.75, 3.05) is 6.61 Å². The first-order chi connectivity index (χ1) is 8.06. The molecule has 0 bridgehead atoms. The zero-order valence-electron chi connectivity index (χ0n) is 9.91. The summed E-state index contributed by atoms with van der Waals surface area (Å²) in [5.74, 6) is 0.0423. The number of H-pyrrole nitrogens is 1. The van der Waals surface area contributed by atoms with Gasteiger partial charge in [0.1, 0.15) is 0 Å². The summed E-state index contributed by atoms with van der Waals surface area (Å²) in [6.07, 6.45) is 1.41. The third-order valence-corrected chi connectivity index (χ3v) is 4.30. The second-order valence-corrected chi connectivity index (χ2v) is 6.05. The Kier molecular flexibility index (Phi) is 3.96. The Morgan fingerprint density at radius 2 is 2.47 bits per heavy atom. The number of hydrogen-bond donors (Lipinski definition) is 2. The number of aromatic amines is 1. The number of rotatable bonds is 3. The third kappa shape index (κ3) is 3.14. The van der Waals surface area contributed by atoms with Crippen molar-refractivity contribution in [2.24, 2.45) is 0 Å². The van der Waals surface area contributed by atoms with Gasteiger partial charge in [0.2, 0.25) is 5.91 Å². The minimum atomic E-state index is 0.0423. The van der Waals surface area contributed by atoms with Gasteiger partial charge in [-0.1, -0.05) is 0 Å². The standard InChI is InChI=1S/C11H16N2O2S2/c1-6-9(17-11(16)12-6)5-10(14)13-8-3-4-15-7(8)2/h7-8H,3-5H2,1-2H3,(H,12,16)(H,13,14)/t7-,8-/m1/s1. The molecule has 1 aromatic rings. The van der Waals surface area contributed by atoms with E-state index in [2.05, 4.69) is 10.3 Å². The third-order valence-electron chi connectivity index (χ3n) is 2.97. The number of hydrogen-bond acceptors (Lipinski definition) is 4. The first-order valence-electron chi connectivity index (χ1n) is 5.66. The second-order valence-electron chi connectivity index (χ2n) is 4.28. The molecule has 0 radical (unpaired) electrons. The molecule has 6 heteroatoms. The average molecular weight is 272 g/mol. The largest absolute Gasteiger partial charge is 0.376 e. The highest BCUT2D eigenvalue weighted by Crippen LogP contribution is 2.16. The molecule has 1 fully saturated rings. The van der Waals surface area contributed by atoms with Crippen LogP contribution in [0.3, 0.4) is 0 Å². The number of amides is 1. The van der Waals surface area contributed by atoms with Gasteiger partial charge in [-0.2, -0.15) is 0 Å². The molecule has 2 rings (SSSR count). The Balaban J connectivity index is 1.93. The SMILES string of the molecule is Cc1[nH]c(=S)sc1CC(=O)N[C@@H]1CCO[C@@H]1C. The molecule has 0 aliphatic carbocycles. The van der Waals surface area contributed by atoms with Crippen LogP contribution in [-0.2, 0) is 16.0 Å². The van der Waals surface area contributed by atoms with E-state index < -0.39 is 0 Å². The van der Waals surface area contributed by atoms with Gasteiger partial charge in [-0.3, -0.25) is 4.79 Å². The zero-order chi connectivity index (χ0) is 12.4. The number of nitrogens with one attached hydrogen (secondary N) is 2. The van der Waals surface area contributed by atoms with E-state index in [0.29, 0.717) is 6.42 Å². The summed E-state index contributed by atoms with van der Waals surface area (Å²) in [6.45, 7) is 4.66. The van der Waals surface area contributed by atoms with E-state index in [-0.39, 0.29) is 18.1 Å². The molecule has 0 aromatic carbocycles. The maximum Gasteiger partial charge on any atom is 0.225 e. The number of aromatic nitrogens is 1. The van der Waals surface area contributed by atoms with Gasteiger partial charge in [-0.15, -0.1) is 11.3 Å². The van der Waals surface area contributed by atoms with Crippen LogP contribution in [0.2, 0.25) is 0 Å². The van der Waals surface area contributed by atoms with Crippen molar-refractivity contribution in [3.8, 4) is 0 Å². The quantitative estimate of drug-likeness (QED) is 0.827. The zero-order valence-corrected chi connectivity index (χ0v) is 11.5. The number of thiazole rings is 1. The van der Waals surface area contributed by atoms with Gasteiger partial charge in [0.25, 0.3) is 0 Å². The molecule has 0 saturated carbocycles. The van der Waals surface area contributed by atoms with Crippen molar-refractivity contribution in [2.45, 2.75) is 38.8 Å². The van der Waals surface area contributed by atoms with Crippen LogP contribution in [-0.4, -0.2) is 29.6 Å². The normalized spacial score (nSPS) is 23.9. The number of carbonyl (C=O) groups excluding carboxylic acids is 1. The molecule has 1 aliphatic heterocycles. The molecule has 17 heavy (non-hydrogen) atoms. The lowest BCUT2D eigenvalue weighted by Gasteiger charge is -2.15. The van der Waals surface area contributed by atoms with Gasteiger partial charge in [-0.25, -0.2) is 0 Å². The highest BCUT2D eigenvalue weighted by molar-refractivity contribution is 7.73. The Bertz CT molecular complexity index is 466. The maximum absolute atomic E-state index is 11.9. The summed E-state index contributed by atoms with van der Waals surface area (Å²) >= 11 is 6.52. The summed E-state index contributed by atoms with van der Waals surface area (Å²) in [5, 5.41) is 3.01. The lowest BCUT2D eigenvalue weighted by atomic mass is 10.1. The van der Waals surface area contributed by atoms with E-state index >= 15 is 0 Å². The molecule has 94 valence electrons. The minimum Gasteiger partial charge on any atom is -0.376 e. The molecule has 0 spiro atoms. The summed E-state index contributed by atoms with van der Waals surface area (Å²) < 4.78 is 6.13. The molecule has 1 saturated heterocycles. The van der Waals surface area contributed by atoms with E-state index in [0.717, 1.165) is 27.6 Å². The van der Waals surface area contributed by atoms with E-state index in [4.69, 9.17) is 17.0 Å². The fourth-order valence-electron chi connectivity index (χ4n) is 1.93. The maximum atomic E-state index is 11.9.